The topological polar surface area (TPSA) is 96.3 Å². The number of hydrogen-bond donors (Lipinski definition) is 2. The fraction of sp³-hybridized carbons (Fsp3) is 0.538. The molecule has 21 heavy (non-hydrogen) atoms. The maximum absolute atomic E-state index is 12.5. The molecule has 0 aliphatic carbocycles. The molecule has 0 amide bonds. The molecule has 0 radical (unpaired) electrons. The van der Waals surface area contributed by atoms with E-state index in [1.165, 1.54) is 32.4 Å². The van der Waals surface area contributed by atoms with Crippen LogP contribution < -0.4 is 9.47 Å². The standard InChI is InChI=1S/C13H21NO6S/c1-4-14(8-10(16)9-15)21(17,18)11-5-6-12(19-2)13(7-11)20-3/h5-7,10,15-16H,4,8-9H2,1-3H3. The summed E-state index contributed by atoms with van der Waals surface area (Å²) in [5.74, 6) is 0.729. The number of benzene rings is 1. The van der Waals surface area contributed by atoms with Gasteiger partial charge in [-0.15, -0.1) is 0 Å². The molecule has 8 heteroatoms. The minimum absolute atomic E-state index is 0.0344. The van der Waals surface area contributed by atoms with Crippen molar-refractivity contribution in [3.05, 3.63) is 18.2 Å². The zero-order valence-corrected chi connectivity index (χ0v) is 13.1. The van der Waals surface area contributed by atoms with Crippen molar-refractivity contribution in [1.29, 1.82) is 0 Å². The molecule has 1 aromatic carbocycles. The quantitative estimate of drug-likeness (QED) is 0.704. The number of ether oxygens (including phenoxy) is 2. The highest BCUT2D eigenvalue weighted by molar-refractivity contribution is 7.89. The fourth-order valence-corrected chi connectivity index (χ4v) is 3.32. The maximum Gasteiger partial charge on any atom is 0.243 e. The van der Waals surface area contributed by atoms with Crippen LogP contribution in [-0.4, -0.2) is 63.0 Å². The van der Waals surface area contributed by atoms with Gasteiger partial charge in [-0.2, -0.15) is 4.31 Å². The summed E-state index contributed by atoms with van der Waals surface area (Å²) in [6.45, 7) is 1.15. The highest BCUT2D eigenvalue weighted by atomic mass is 32.2. The van der Waals surface area contributed by atoms with Crippen LogP contribution in [0.15, 0.2) is 23.1 Å². The van der Waals surface area contributed by atoms with Crippen molar-refractivity contribution in [2.24, 2.45) is 0 Å². The molecule has 1 unspecified atom stereocenters. The van der Waals surface area contributed by atoms with Gasteiger partial charge in [0.15, 0.2) is 11.5 Å². The first-order valence-corrected chi connectivity index (χ1v) is 7.85. The third-order valence-corrected chi connectivity index (χ3v) is 4.91. The number of hydrogen-bond acceptors (Lipinski definition) is 6. The van der Waals surface area contributed by atoms with Gasteiger partial charge >= 0.3 is 0 Å². The monoisotopic (exact) mass is 319 g/mol. The summed E-state index contributed by atoms with van der Waals surface area (Å²) in [4.78, 5) is 0.0344. The first kappa shape index (κ1) is 17.7. The van der Waals surface area contributed by atoms with E-state index in [4.69, 9.17) is 14.6 Å². The van der Waals surface area contributed by atoms with E-state index in [-0.39, 0.29) is 18.0 Å². The number of methoxy groups -OCH3 is 2. The molecule has 0 bridgehead atoms. The summed E-state index contributed by atoms with van der Waals surface area (Å²) in [5.41, 5.74) is 0. The van der Waals surface area contributed by atoms with Gasteiger partial charge in [0.25, 0.3) is 0 Å². The Bertz CT molecular complexity index is 560. The molecule has 0 aromatic heterocycles. The van der Waals surface area contributed by atoms with Crippen molar-refractivity contribution in [2.45, 2.75) is 17.9 Å². The Labute approximate surface area is 124 Å². The second kappa shape index (κ2) is 7.60. The fourth-order valence-electron chi connectivity index (χ4n) is 1.82. The molecule has 0 fully saturated rings. The van der Waals surface area contributed by atoms with E-state index in [9.17, 15) is 13.5 Å². The average Bonchev–Trinajstić information content (AvgIpc) is 2.51. The van der Waals surface area contributed by atoms with E-state index in [0.717, 1.165) is 4.31 Å². The molecule has 0 saturated heterocycles. The van der Waals surface area contributed by atoms with Crippen LogP contribution in [0.2, 0.25) is 0 Å². The predicted octanol–water partition coefficient (Wildman–Crippen LogP) is 0.0676. The number of aliphatic hydroxyl groups is 2. The van der Waals surface area contributed by atoms with Crippen LogP contribution >= 0.6 is 0 Å². The highest BCUT2D eigenvalue weighted by Crippen LogP contribution is 2.30. The SMILES string of the molecule is CCN(CC(O)CO)S(=O)(=O)c1ccc(OC)c(OC)c1. The predicted molar refractivity (Wildman–Crippen MR) is 77.1 cm³/mol. The zero-order chi connectivity index (χ0) is 16.0. The van der Waals surface area contributed by atoms with E-state index in [1.807, 2.05) is 0 Å². The summed E-state index contributed by atoms with van der Waals surface area (Å²) in [6.07, 6.45) is -1.13. The number of likely N-dealkylation sites (N-methyl/N-ethyl adjacent to an activating group) is 1. The lowest BCUT2D eigenvalue weighted by Gasteiger charge is -2.23. The number of rotatable bonds is 8. The Morgan fingerprint density at radius 1 is 1.24 bits per heavy atom. The Hall–Kier alpha value is -1.35. The normalized spacial score (nSPS) is 13.2. The van der Waals surface area contributed by atoms with E-state index < -0.39 is 22.7 Å². The zero-order valence-electron chi connectivity index (χ0n) is 12.3. The maximum atomic E-state index is 12.5. The van der Waals surface area contributed by atoms with Crippen molar-refractivity contribution in [3.8, 4) is 11.5 Å². The van der Waals surface area contributed by atoms with Gasteiger partial charge in [-0.25, -0.2) is 8.42 Å². The Morgan fingerprint density at radius 2 is 1.86 bits per heavy atom. The lowest BCUT2D eigenvalue weighted by atomic mass is 10.3. The smallest absolute Gasteiger partial charge is 0.243 e. The molecule has 0 saturated carbocycles. The van der Waals surface area contributed by atoms with Crippen molar-refractivity contribution in [1.82, 2.24) is 4.31 Å². The van der Waals surface area contributed by atoms with Crippen LogP contribution in [0.1, 0.15) is 6.92 Å². The number of nitrogens with zero attached hydrogens (tertiary/aromatic N) is 1. The van der Waals surface area contributed by atoms with Gasteiger partial charge in [0.1, 0.15) is 0 Å². The van der Waals surface area contributed by atoms with Crippen LogP contribution in [0.3, 0.4) is 0 Å². The molecular formula is C13H21NO6S. The second-order valence-corrected chi connectivity index (χ2v) is 6.25. The third-order valence-electron chi connectivity index (χ3n) is 2.97. The summed E-state index contributed by atoms with van der Waals surface area (Å²) < 4.78 is 36.3. The van der Waals surface area contributed by atoms with Gasteiger partial charge in [0, 0.05) is 19.2 Å². The van der Waals surface area contributed by atoms with Crippen molar-refractivity contribution in [3.63, 3.8) is 0 Å². The molecule has 0 aliphatic heterocycles. The molecule has 0 heterocycles. The molecular weight excluding hydrogens is 298 g/mol. The first-order chi connectivity index (χ1) is 9.90. The van der Waals surface area contributed by atoms with Crippen LogP contribution in [0.5, 0.6) is 11.5 Å². The lowest BCUT2D eigenvalue weighted by Crippen LogP contribution is -2.38. The van der Waals surface area contributed by atoms with Gasteiger partial charge in [-0.3, -0.25) is 0 Å². The van der Waals surface area contributed by atoms with Crippen LogP contribution in [0.4, 0.5) is 0 Å². The van der Waals surface area contributed by atoms with Crippen LogP contribution in [0, 0.1) is 0 Å². The molecule has 120 valence electrons. The highest BCUT2D eigenvalue weighted by Gasteiger charge is 2.26. The Morgan fingerprint density at radius 3 is 2.33 bits per heavy atom. The summed E-state index contributed by atoms with van der Waals surface area (Å²) >= 11 is 0. The van der Waals surface area contributed by atoms with Gasteiger partial charge in [-0.1, -0.05) is 6.92 Å². The average molecular weight is 319 g/mol. The Balaban J connectivity index is 3.16. The summed E-state index contributed by atoms with van der Waals surface area (Å²) in [6, 6.07) is 4.27. The molecule has 0 spiro atoms. The van der Waals surface area contributed by atoms with E-state index in [1.54, 1.807) is 6.92 Å². The number of sulfonamides is 1. The van der Waals surface area contributed by atoms with Crippen molar-refractivity contribution < 1.29 is 28.1 Å². The minimum atomic E-state index is -3.79. The van der Waals surface area contributed by atoms with Crippen molar-refractivity contribution >= 4 is 10.0 Å². The molecule has 2 N–H and O–H groups in total. The molecule has 7 nitrogen and oxygen atoms in total. The molecule has 1 rings (SSSR count). The second-order valence-electron chi connectivity index (χ2n) is 4.31. The lowest BCUT2D eigenvalue weighted by molar-refractivity contribution is 0.0795. The number of aliphatic hydroxyl groups excluding tert-OH is 2. The Kier molecular flexibility index (Phi) is 6.41. The van der Waals surface area contributed by atoms with E-state index in [2.05, 4.69) is 0 Å². The minimum Gasteiger partial charge on any atom is -0.493 e. The van der Waals surface area contributed by atoms with Gasteiger partial charge in [0.2, 0.25) is 10.0 Å². The van der Waals surface area contributed by atoms with E-state index >= 15 is 0 Å². The van der Waals surface area contributed by atoms with Gasteiger partial charge in [0.05, 0.1) is 31.8 Å². The molecule has 1 atom stereocenters. The van der Waals surface area contributed by atoms with E-state index in [0.29, 0.717) is 11.5 Å². The van der Waals surface area contributed by atoms with Gasteiger partial charge < -0.3 is 19.7 Å². The third kappa shape index (κ3) is 4.07. The molecule has 0 aliphatic rings. The largest absolute Gasteiger partial charge is 0.493 e. The summed E-state index contributed by atoms with van der Waals surface area (Å²) in [7, 11) is -0.909. The van der Waals surface area contributed by atoms with Crippen molar-refractivity contribution in [2.75, 3.05) is 33.9 Å². The molecule has 1 aromatic rings. The van der Waals surface area contributed by atoms with Crippen LogP contribution in [0.25, 0.3) is 0 Å². The summed E-state index contributed by atoms with van der Waals surface area (Å²) in [5, 5.41) is 18.3. The first-order valence-electron chi connectivity index (χ1n) is 6.41. The van der Waals surface area contributed by atoms with Gasteiger partial charge in [-0.05, 0) is 12.1 Å². The van der Waals surface area contributed by atoms with Crippen LogP contribution in [-0.2, 0) is 10.0 Å².